The Morgan fingerprint density at radius 3 is 2.12 bits per heavy atom. The Hall–Kier alpha value is -2.36. The van der Waals surface area contributed by atoms with Crippen molar-refractivity contribution in [2.24, 2.45) is 9.50 Å². The molecule has 2 aromatic rings. The minimum atomic E-state index is -3.53. The van der Waals surface area contributed by atoms with Gasteiger partial charge in [-0.15, -0.1) is 4.36 Å². The number of benzene rings is 2. The smallest absolute Gasteiger partial charge is 0.305 e. The van der Waals surface area contributed by atoms with Crippen molar-refractivity contribution in [3.05, 3.63) is 58.1 Å². The highest BCUT2D eigenvalue weighted by molar-refractivity contribution is 7.91. The van der Waals surface area contributed by atoms with E-state index >= 15 is 0 Å². The maximum atomic E-state index is 13.3. The summed E-state index contributed by atoms with van der Waals surface area (Å²) in [6, 6.07) is 6.09. The normalized spacial score (nSPS) is 17.7. The Morgan fingerprint density at radius 2 is 1.62 bits per heavy atom. The van der Waals surface area contributed by atoms with Crippen LogP contribution in [0.5, 0.6) is 0 Å². The number of fused-ring (bicyclic) bond motifs is 2. The first kappa shape index (κ1) is 22.8. The molecule has 2 aromatic carbocycles. The number of aryl methyl sites for hydroxylation is 2. The van der Waals surface area contributed by atoms with E-state index in [9.17, 15) is 17.8 Å². The molecule has 1 unspecified atom stereocenters. The zero-order chi connectivity index (χ0) is 23.0. The predicted octanol–water partition coefficient (Wildman–Crippen LogP) is 4.46. The molecule has 3 N–H and O–H groups in total. The molecule has 0 radical (unpaired) electrons. The molecule has 0 heterocycles. The molecule has 2 atom stereocenters. The van der Waals surface area contributed by atoms with Crippen molar-refractivity contribution in [3.63, 3.8) is 0 Å². The summed E-state index contributed by atoms with van der Waals surface area (Å²) in [5.74, 6) is 0. The Labute approximate surface area is 187 Å². The van der Waals surface area contributed by atoms with Gasteiger partial charge in [-0.25, -0.2) is 22.9 Å². The van der Waals surface area contributed by atoms with Crippen LogP contribution in [0.1, 0.15) is 46.7 Å². The second-order valence-corrected chi connectivity index (χ2v) is 10.4. The van der Waals surface area contributed by atoms with Gasteiger partial charge in [0.25, 0.3) is 6.43 Å². The summed E-state index contributed by atoms with van der Waals surface area (Å²) in [4.78, 5) is 14.2. The molecular weight excluding hydrogens is 434 g/mol. The second-order valence-electron chi connectivity index (χ2n) is 8.64. The van der Waals surface area contributed by atoms with Gasteiger partial charge in [-0.2, -0.15) is 0 Å². The largest absolute Gasteiger partial charge is 0.354 e. The van der Waals surface area contributed by atoms with Crippen LogP contribution in [0.2, 0.25) is 0 Å². The number of halogens is 2. The molecule has 0 fully saturated rings. The van der Waals surface area contributed by atoms with E-state index in [-0.39, 0.29) is 4.90 Å². The molecule has 32 heavy (non-hydrogen) atoms. The molecule has 0 spiro atoms. The molecule has 0 saturated carbocycles. The van der Waals surface area contributed by atoms with Crippen LogP contribution < -0.4 is 10.5 Å². The molecule has 0 saturated heterocycles. The molecule has 2 aliphatic carbocycles. The molecule has 2 aliphatic rings. The number of hydrogen-bond acceptors (Lipinski definition) is 3. The number of alkyl halides is 2. The van der Waals surface area contributed by atoms with Gasteiger partial charge < -0.3 is 5.32 Å². The fraction of sp³-hybridized carbons (Fsp3) is 0.435. The topological polar surface area (TPSA) is 87.8 Å². The van der Waals surface area contributed by atoms with E-state index < -0.39 is 28.4 Å². The van der Waals surface area contributed by atoms with Crippen molar-refractivity contribution in [2.45, 2.75) is 55.9 Å². The third-order valence-corrected chi connectivity index (χ3v) is 7.66. The van der Waals surface area contributed by atoms with Crippen molar-refractivity contribution in [1.29, 1.82) is 0 Å². The van der Waals surface area contributed by atoms with Crippen LogP contribution >= 0.6 is 0 Å². The van der Waals surface area contributed by atoms with Gasteiger partial charge in [-0.3, -0.25) is 4.90 Å². The molecule has 9 heteroatoms. The van der Waals surface area contributed by atoms with Crippen LogP contribution in [0.4, 0.5) is 19.3 Å². The van der Waals surface area contributed by atoms with Gasteiger partial charge >= 0.3 is 6.03 Å². The number of carbonyl (C=O) groups excluding carboxylic acids is 1. The fourth-order valence-corrected chi connectivity index (χ4v) is 5.73. The highest BCUT2D eigenvalue weighted by atomic mass is 32.2. The molecule has 2 amide bonds. The summed E-state index contributed by atoms with van der Waals surface area (Å²) in [7, 11) is -0.403. The van der Waals surface area contributed by atoms with Gasteiger partial charge in [-0.1, -0.05) is 18.2 Å². The van der Waals surface area contributed by atoms with Gasteiger partial charge in [-0.05, 0) is 92.6 Å². The van der Waals surface area contributed by atoms with Gasteiger partial charge in [0.2, 0.25) is 0 Å². The van der Waals surface area contributed by atoms with Crippen molar-refractivity contribution in [3.8, 4) is 0 Å². The standard InChI is InChI=1S/C23H28F2N4O2S/c1-29(2)21(22(24)25)14-9-11-17(12-10-14)32(26,31)28-23(30)27-20-18-7-3-5-15(18)13-16-6-4-8-19(16)20/h9-13,21-22H,3-8H2,1-2H3,(H3,26,27,28,30,31)/t21-,32?/m1/s1. The van der Waals surface area contributed by atoms with Crippen LogP contribution in [0.15, 0.2) is 39.6 Å². The maximum absolute atomic E-state index is 13.3. The van der Waals surface area contributed by atoms with E-state index in [2.05, 4.69) is 15.7 Å². The molecule has 6 nitrogen and oxygen atoms in total. The lowest BCUT2D eigenvalue weighted by Gasteiger charge is -2.24. The van der Waals surface area contributed by atoms with Gasteiger partial charge in [0.1, 0.15) is 9.92 Å². The number of anilines is 1. The first-order valence-corrected chi connectivity index (χ1v) is 12.3. The number of urea groups is 1. The monoisotopic (exact) mass is 462 g/mol. The lowest BCUT2D eigenvalue weighted by Crippen LogP contribution is -2.26. The number of hydrogen-bond donors (Lipinski definition) is 2. The number of amides is 2. The Balaban J connectivity index is 1.59. The fourth-order valence-electron chi connectivity index (χ4n) is 4.80. The van der Waals surface area contributed by atoms with Crippen LogP contribution in [0.25, 0.3) is 0 Å². The third kappa shape index (κ3) is 4.42. The number of nitrogens with one attached hydrogen (secondary N) is 1. The van der Waals surface area contributed by atoms with E-state index in [0.29, 0.717) is 5.56 Å². The molecule has 0 bridgehead atoms. The molecule has 0 aromatic heterocycles. The molecule has 4 rings (SSSR count). The molecule has 172 valence electrons. The number of rotatable bonds is 5. The average molecular weight is 463 g/mol. The van der Waals surface area contributed by atoms with Crippen molar-refractivity contribution >= 4 is 21.6 Å². The first-order valence-electron chi connectivity index (χ1n) is 10.7. The summed E-state index contributed by atoms with van der Waals surface area (Å²) in [5.41, 5.74) is 5.98. The maximum Gasteiger partial charge on any atom is 0.354 e. The number of nitrogens with zero attached hydrogens (tertiary/aromatic N) is 2. The average Bonchev–Trinajstić information content (AvgIpc) is 3.36. The predicted molar refractivity (Wildman–Crippen MR) is 121 cm³/mol. The van der Waals surface area contributed by atoms with E-state index in [4.69, 9.17) is 5.14 Å². The molecular formula is C23H28F2N4O2S. The third-order valence-electron chi connectivity index (χ3n) is 6.28. The Kier molecular flexibility index (Phi) is 6.33. The van der Waals surface area contributed by atoms with Crippen molar-refractivity contribution in [2.75, 3.05) is 19.4 Å². The van der Waals surface area contributed by atoms with Crippen molar-refractivity contribution < 1.29 is 17.8 Å². The molecule has 0 aliphatic heterocycles. The van der Waals surface area contributed by atoms with Crippen LogP contribution in [-0.2, 0) is 35.6 Å². The summed E-state index contributed by atoms with van der Waals surface area (Å²) >= 11 is 0. The van der Waals surface area contributed by atoms with Crippen LogP contribution in [0, 0.1) is 0 Å². The minimum absolute atomic E-state index is 0.117. The quantitative estimate of drug-likeness (QED) is 0.688. The van der Waals surface area contributed by atoms with E-state index in [1.54, 1.807) is 14.1 Å². The summed E-state index contributed by atoms with van der Waals surface area (Å²) < 4.78 is 43.5. The van der Waals surface area contributed by atoms with Crippen molar-refractivity contribution in [1.82, 2.24) is 4.90 Å². The number of nitrogens with two attached hydrogens (primary N) is 1. The first-order chi connectivity index (χ1) is 15.2. The zero-order valence-electron chi connectivity index (χ0n) is 18.2. The highest BCUT2D eigenvalue weighted by Gasteiger charge is 2.26. The van der Waals surface area contributed by atoms with Gasteiger partial charge in [0.05, 0.1) is 10.9 Å². The minimum Gasteiger partial charge on any atom is -0.305 e. The zero-order valence-corrected chi connectivity index (χ0v) is 19.1. The lowest BCUT2D eigenvalue weighted by molar-refractivity contribution is 0.0488. The lowest BCUT2D eigenvalue weighted by atomic mass is 9.99. The Morgan fingerprint density at radius 1 is 1.06 bits per heavy atom. The van der Waals surface area contributed by atoms with Gasteiger partial charge in [0.15, 0.2) is 0 Å². The second kappa shape index (κ2) is 8.88. The SMILES string of the molecule is CN(C)[C@H](c1ccc(S(N)(=O)=NC(=O)Nc2c3c(cc4c2CCC4)CCC3)cc1)C(F)F. The van der Waals surface area contributed by atoms with E-state index in [1.165, 1.54) is 40.3 Å². The summed E-state index contributed by atoms with van der Waals surface area (Å²) in [6.45, 7) is 0. The summed E-state index contributed by atoms with van der Waals surface area (Å²) in [5, 5.41) is 8.76. The van der Waals surface area contributed by atoms with E-state index in [0.717, 1.165) is 55.3 Å². The summed E-state index contributed by atoms with van der Waals surface area (Å²) in [6.07, 6.45) is 3.30. The number of carbonyl (C=O) groups is 1. The van der Waals surface area contributed by atoms with E-state index in [1.807, 2.05) is 0 Å². The highest BCUT2D eigenvalue weighted by Crippen LogP contribution is 2.38. The van der Waals surface area contributed by atoms with Crippen LogP contribution in [0.3, 0.4) is 0 Å². The Bertz CT molecular complexity index is 1120. The van der Waals surface area contributed by atoms with Crippen LogP contribution in [-0.4, -0.2) is 35.7 Å². The van der Waals surface area contributed by atoms with Gasteiger partial charge in [0, 0.05) is 5.69 Å².